The maximum Gasteiger partial charge on any atom is 0.301 e. The van der Waals surface area contributed by atoms with Gasteiger partial charge in [-0.2, -0.15) is 8.42 Å². The molecule has 0 aromatic heterocycles. The van der Waals surface area contributed by atoms with E-state index in [4.69, 9.17) is 21.1 Å². The Morgan fingerprint density at radius 3 is 2.65 bits per heavy atom. The van der Waals surface area contributed by atoms with Crippen LogP contribution in [0.3, 0.4) is 0 Å². The smallest absolute Gasteiger partial charge is 0.301 e. The second kappa shape index (κ2) is 14.5. The van der Waals surface area contributed by atoms with Gasteiger partial charge in [0.1, 0.15) is 12.4 Å². The van der Waals surface area contributed by atoms with Crippen molar-refractivity contribution in [3.63, 3.8) is 0 Å². The van der Waals surface area contributed by atoms with Crippen LogP contribution >= 0.6 is 11.6 Å². The predicted molar refractivity (Wildman–Crippen MR) is 186 cm³/mol. The summed E-state index contributed by atoms with van der Waals surface area (Å²) < 4.78 is 42.4. The van der Waals surface area contributed by atoms with Crippen molar-refractivity contribution in [2.24, 2.45) is 17.8 Å². The second-order valence-electron chi connectivity index (χ2n) is 14.3. The summed E-state index contributed by atoms with van der Waals surface area (Å²) in [5.74, 6) is 1.09. The number of carbonyl (C=O) groups is 2. The molecule has 0 radical (unpaired) electrons. The van der Waals surface area contributed by atoms with Crippen LogP contribution in [0.1, 0.15) is 75.0 Å². The number of hydrogen-bond donors (Lipinski definition) is 2. The van der Waals surface area contributed by atoms with Gasteiger partial charge in [0, 0.05) is 51.8 Å². The predicted octanol–water partition coefficient (Wildman–Crippen LogP) is 4.97. The van der Waals surface area contributed by atoms with Gasteiger partial charge in [-0.1, -0.05) is 23.7 Å². The average molecular weight is 701 g/mol. The Morgan fingerprint density at radius 1 is 1.04 bits per heavy atom. The van der Waals surface area contributed by atoms with Gasteiger partial charge >= 0.3 is 10.2 Å². The molecule has 262 valence electrons. The highest BCUT2D eigenvalue weighted by Crippen LogP contribution is 2.45. The standard InChI is InChI=1S/C36H49ClN4O6S/c1-36(35(43)39-48(44,45)38-2)21-34(42)40(3)16-13-24-14-17-46-33(18-24)30-11-8-26(30)22-41-15-5-4-6-25-19-29(37)10-7-27(25)23-47-32-12-9-28(36)20-31(32)41/h7,9-10,12,19-20,24,26,30,33,38H,4-6,8,11,13-18,21-23H2,1-3H3,(H,39,43)/t24-,26-,30+,33-,36-/m0/s1. The molecule has 2 fully saturated rings. The normalized spacial score (nSPS) is 28.5. The zero-order valence-electron chi connectivity index (χ0n) is 28.3. The van der Waals surface area contributed by atoms with Crippen LogP contribution in [0.5, 0.6) is 5.75 Å². The van der Waals surface area contributed by atoms with Crippen molar-refractivity contribution in [3.05, 3.63) is 58.1 Å². The van der Waals surface area contributed by atoms with Crippen molar-refractivity contribution in [2.45, 2.75) is 82.8 Å². The molecular weight excluding hydrogens is 652 g/mol. The molecule has 0 spiro atoms. The zero-order chi connectivity index (χ0) is 34.1. The largest absolute Gasteiger partial charge is 0.487 e. The maximum absolute atomic E-state index is 14.0. The minimum absolute atomic E-state index is 0.191. The molecule has 1 aliphatic carbocycles. The number of fused-ring (bicyclic) bond motifs is 6. The molecule has 3 heterocycles. The third-order valence-corrected chi connectivity index (χ3v) is 12.5. The first-order valence-electron chi connectivity index (χ1n) is 17.4. The van der Waals surface area contributed by atoms with E-state index in [1.807, 2.05) is 30.3 Å². The summed E-state index contributed by atoms with van der Waals surface area (Å²) >= 11 is 6.38. The molecule has 1 saturated heterocycles. The van der Waals surface area contributed by atoms with Crippen LogP contribution in [-0.4, -0.2) is 71.6 Å². The Hall–Kier alpha value is -2.86. The fourth-order valence-corrected chi connectivity index (χ4v) is 8.64. The highest BCUT2D eigenvalue weighted by atomic mass is 35.5. The van der Waals surface area contributed by atoms with Crippen LogP contribution in [0.15, 0.2) is 36.4 Å². The van der Waals surface area contributed by atoms with E-state index in [-0.39, 0.29) is 18.4 Å². The summed E-state index contributed by atoms with van der Waals surface area (Å²) in [6, 6.07) is 11.6. The lowest BCUT2D eigenvalue weighted by atomic mass is 9.67. The minimum Gasteiger partial charge on any atom is -0.487 e. The molecule has 12 heteroatoms. The third-order valence-electron chi connectivity index (χ3n) is 11.2. The number of nitrogens with one attached hydrogen (secondary N) is 2. The quantitative estimate of drug-likeness (QED) is 0.464. The van der Waals surface area contributed by atoms with E-state index in [9.17, 15) is 18.0 Å². The number of ether oxygens (including phenoxy) is 2. The number of halogens is 1. The van der Waals surface area contributed by atoms with Crippen LogP contribution < -0.4 is 19.1 Å². The van der Waals surface area contributed by atoms with E-state index in [1.54, 1.807) is 24.9 Å². The van der Waals surface area contributed by atoms with Gasteiger partial charge in [0.25, 0.3) is 0 Å². The lowest BCUT2D eigenvalue weighted by molar-refractivity contribution is -0.136. The first-order chi connectivity index (χ1) is 23.0. The molecule has 6 rings (SSSR count). The van der Waals surface area contributed by atoms with Gasteiger partial charge in [-0.15, -0.1) is 0 Å². The molecule has 4 bridgehead atoms. The molecule has 2 amide bonds. The highest BCUT2D eigenvalue weighted by molar-refractivity contribution is 7.88. The van der Waals surface area contributed by atoms with Crippen LogP contribution in [0.2, 0.25) is 5.02 Å². The van der Waals surface area contributed by atoms with Crippen LogP contribution in [0.4, 0.5) is 5.69 Å². The Labute approximate surface area is 290 Å². The van der Waals surface area contributed by atoms with E-state index in [0.717, 1.165) is 82.3 Å². The van der Waals surface area contributed by atoms with E-state index < -0.39 is 21.5 Å². The molecule has 2 N–H and O–H groups in total. The van der Waals surface area contributed by atoms with Crippen molar-refractivity contribution in [2.75, 3.05) is 45.2 Å². The fraction of sp³-hybridized carbons (Fsp3) is 0.611. The number of benzene rings is 2. The summed E-state index contributed by atoms with van der Waals surface area (Å²) in [5.41, 5.74) is 2.18. The molecule has 5 atom stereocenters. The number of rotatable bonds is 3. The monoisotopic (exact) mass is 700 g/mol. The Morgan fingerprint density at radius 2 is 1.88 bits per heavy atom. The SMILES string of the molecule is CNS(=O)(=O)NC(=O)[C@@]1(C)CC(=O)N(C)CC[C@H]2CCO[C@@H](C2)[C@@H]2CC[C@H]2CN2CCCCc3cc(Cl)ccc3COc3ccc1cc32. The summed E-state index contributed by atoms with van der Waals surface area (Å²) in [6.45, 7) is 4.93. The van der Waals surface area contributed by atoms with Gasteiger partial charge in [-0.05, 0) is 117 Å². The Kier molecular flexibility index (Phi) is 10.6. The molecular formula is C36H49ClN4O6S. The number of carbonyl (C=O) groups excluding carboxylic acids is 2. The van der Waals surface area contributed by atoms with Gasteiger partial charge in [0.05, 0.1) is 17.2 Å². The summed E-state index contributed by atoms with van der Waals surface area (Å²) in [6.07, 6.45) is 7.96. The van der Waals surface area contributed by atoms with Crippen molar-refractivity contribution in [1.29, 1.82) is 0 Å². The van der Waals surface area contributed by atoms with Gasteiger partial charge in [-0.3, -0.25) is 9.59 Å². The number of nitrogens with zero attached hydrogens (tertiary/aromatic N) is 2. The summed E-state index contributed by atoms with van der Waals surface area (Å²) in [7, 11) is -1.11. The first kappa shape index (κ1) is 35.0. The number of hydrogen-bond acceptors (Lipinski definition) is 7. The van der Waals surface area contributed by atoms with E-state index >= 15 is 0 Å². The van der Waals surface area contributed by atoms with E-state index in [2.05, 4.69) is 14.3 Å². The summed E-state index contributed by atoms with van der Waals surface area (Å²) in [4.78, 5) is 31.8. The minimum atomic E-state index is -4.11. The molecule has 0 unspecified atom stereocenters. The van der Waals surface area contributed by atoms with Crippen LogP contribution in [0.25, 0.3) is 0 Å². The average Bonchev–Trinajstić information content (AvgIpc) is 3.08. The van der Waals surface area contributed by atoms with Crippen molar-refractivity contribution in [1.82, 2.24) is 14.3 Å². The molecule has 10 nitrogen and oxygen atoms in total. The Balaban J connectivity index is 1.44. The number of amides is 2. The lowest BCUT2D eigenvalue weighted by Gasteiger charge is -2.47. The van der Waals surface area contributed by atoms with Gasteiger partial charge in [-0.25, -0.2) is 9.44 Å². The molecule has 48 heavy (non-hydrogen) atoms. The van der Waals surface area contributed by atoms with Crippen molar-refractivity contribution >= 4 is 39.3 Å². The number of aryl methyl sites for hydroxylation is 1. The van der Waals surface area contributed by atoms with Gasteiger partial charge in [0.15, 0.2) is 0 Å². The molecule has 2 aromatic carbocycles. The van der Waals surface area contributed by atoms with Crippen molar-refractivity contribution in [3.8, 4) is 5.75 Å². The first-order valence-corrected chi connectivity index (χ1v) is 19.2. The molecule has 2 aromatic rings. The maximum atomic E-state index is 14.0. The molecule has 3 aliphatic heterocycles. The van der Waals surface area contributed by atoms with E-state index in [1.165, 1.54) is 12.6 Å². The van der Waals surface area contributed by atoms with Gasteiger partial charge in [0.2, 0.25) is 11.8 Å². The lowest BCUT2D eigenvalue weighted by Crippen LogP contribution is -2.50. The third kappa shape index (κ3) is 7.64. The molecule has 4 aliphatic rings. The topological polar surface area (TPSA) is 117 Å². The van der Waals surface area contributed by atoms with E-state index in [0.29, 0.717) is 47.2 Å². The Bertz CT molecular complexity index is 1620. The van der Waals surface area contributed by atoms with Crippen LogP contribution in [-0.2, 0) is 43.0 Å². The number of anilines is 1. The molecule has 1 saturated carbocycles. The highest BCUT2D eigenvalue weighted by Gasteiger charge is 2.43. The zero-order valence-corrected chi connectivity index (χ0v) is 29.9. The fourth-order valence-electron chi connectivity index (χ4n) is 7.87. The van der Waals surface area contributed by atoms with Gasteiger partial charge < -0.3 is 19.3 Å². The van der Waals surface area contributed by atoms with Crippen LogP contribution in [0, 0.1) is 17.8 Å². The second-order valence-corrected chi connectivity index (χ2v) is 16.4. The summed E-state index contributed by atoms with van der Waals surface area (Å²) in [5, 5.41) is 0.709. The van der Waals surface area contributed by atoms with Crippen molar-refractivity contribution < 1.29 is 27.5 Å².